The average molecular weight is 520 g/mol. The fourth-order valence-electron chi connectivity index (χ4n) is 5.09. The highest BCUT2D eigenvalue weighted by Crippen LogP contribution is 2.37. The average Bonchev–Trinajstić information content (AvgIpc) is 3.51. The molecule has 1 unspecified atom stereocenters. The highest BCUT2D eigenvalue weighted by molar-refractivity contribution is 7.11. The van der Waals surface area contributed by atoms with E-state index in [1.165, 1.54) is 30.6 Å². The van der Waals surface area contributed by atoms with Gasteiger partial charge in [-0.3, -0.25) is 9.89 Å². The number of nitrogens with two attached hydrogens (primary N) is 1. The molecule has 3 N–H and O–H groups in total. The topological polar surface area (TPSA) is 102 Å². The first-order chi connectivity index (χ1) is 16.9. The molecule has 0 amide bonds. The van der Waals surface area contributed by atoms with E-state index >= 15 is 0 Å². The van der Waals surface area contributed by atoms with Crippen LogP contribution in [0, 0.1) is 11.7 Å². The van der Waals surface area contributed by atoms with Crippen molar-refractivity contribution >= 4 is 34.7 Å². The van der Waals surface area contributed by atoms with Crippen LogP contribution in [0.1, 0.15) is 29.5 Å². The van der Waals surface area contributed by atoms with Gasteiger partial charge in [-0.25, -0.2) is 14.2 Å². The Balaban J connectivity index is 1.59. The fourth-order valence-corrected chi connectivity index (χ4v) is 5.95. The van der Waals surface area contributed by atoms with Crippen molar-refractivity contribution in [3.05, 3.63) is 62.5 Å². The van der Waals surface area contributed by atoms with Crippen molar-refractivity contribution in [2.45, 2.75) is 31.0 Å². The molecule has 2 aromatic rings. The number of benzene rings is 1. The van der Waals surface area contributed by atoms with Crippen LogP contribution >= 0.6 is 22.9 Å². The van der Waals surface area contributed by atoms with Crippen LogP contribution in [0.25, 0.3) is 0 Å². The van der Waals surface area contributed by atoms with Crippen molar-refractivity contribution in [1.29, 1.82) is 0 Å². The minimum Gasteiger partial charge on any atom is -0.466 e. The van der Waals surface area contributed by atoms with E-state index in [2.05, 4.69) is 15.2 Å². The number of nitrogens with zero attached hydrogens (tertiary/aromatic N) is 3. The predicted molar refractivity (Wildman–Crippen MR) is 132 cm³/mol. The third-order valence-corrected chi connectivity index (χ3v) is 7.92. The molecule has 0 bridgehead atoms. The van der Waals surface area contributed by atoms with E-state index in [9.17, 15) is 9.18 Å². The van der Waals surface area contributed by atoms with Crippen LogP contribution in [0.15, 0.2) is 46.0 Å². The number of esters is 1. The van der Waals surface area contributed by atoms with E-state index in [1.54, 1.807) is 12.3 Å². The van der Waals surface area contributed by atoms with Gasteiger partial charge in [0.1, 0.15) is 11.9 Å². The van der Waals surface area contributed by atoms with Gasteiger partial charge in [0.2, 0.25) is 0 Å². The number of ether oxygens (including phenoxy) is 2. The zero-order valence-corrected chi connectivity index (χ0v) is 20.8. The molecule has 2 saturated heterocycles. The monoisotopic (exact) mass is 519 g/mol. The lowest BCUT2D eigenvalue weighted by Crippen LogP contribution is -2.45. The molecular formula is C24H27ClFN5O3S. The molecular weight excluding hydrogens is 493 g/mol. The molecule has 186 valence electrons. The summed E-state index contributed by atoms with van der Waals surface area (Å²) < 4.78 is 24.8. The summed E-state index contributed by atoms with van der Waals surface area (Å²) in [6.45, 7) is 2.53. The Kier molecular flexibility index (Phi) is 7.17. The Morgan fingerprint density at radius 2 is 2.29 bits per heavy atom. The maximum atomic E-state index is 13.8. The maximum Gasteiger partial charge on any atom is 0.338 e. The van der Waals surface area contributed by atoms with E-state index in [0.717, 1.165) is 19.4 Å². The van der Waals surface area contributed by atoms with Gasteiger partial charge in [0.05, 0.1) is 25.9 Å². The third kappa shape index (κ3) is 4.99. The van der Waals surface area contributed by atoms with Gasteiger partial charge in [-0.15, -0.1) is 11.3 Å². The summed E-state index contributed by atoms with van der Waals surface area (Å²) in [5.74, 6) is -0.120. The van der Waals surface area contributed by atoms with Gasteiger partial charge in [-0.05, 0) is 25.0 Å². The standard InChI is InChI=1S/C24H27ClFN5O3S/c1-33-24(32)20-18(10-31-6-4-15(27)8-13-11-34-12-19(13)31)29-22(23-28-5-7-35-23)30-21(20)16-3-2-14(26)9-17(16)25/h2-3,5,7,9,13,15,19,21H,4,6,8,10-12,27H2,1H3,(H,29,30)/t13?,15-,19+,21-/m0/s1. The number of halogens is 2. The summed E-state index contributed by atoms with van der Waals surface area (Å²) in [5.41, 5.74) is 7.85. The predicted octanol–water partition coefficient (Wildman–Crippen LogP) is 2.89. The Morgan fingerprint density at radius 3 is 3.03 bits per heavy atom. The first-order valence-corrected chi connectivity index (χ1v) is 12.8. The number of thiazole rings is 1. The molecule has 4 heterocycles. The van der Waals surface area contributed by atoms with E-state index in [0.29, 0.717) is 53.4 Å². The zero-order valence-electron chi connectivity index (χ0n) is 19.2. The van der Waals surface area contributed by atoms with E-state index < -0.39 is 17.8 Å². The SMILES string of the molecule is COC(=O)C1=C(CN2CC[C@H](N)CC3COC[C@H]32)NC(c2nccs2)=N[C@H]1c1ccc(F)cc1Cl. The quantitative estimate of drug-likeness (QED) is 0.586. The molecule has 35 heavy (non-hydrogen) atoms. The Labute approximate surface area is 212 Å². The van der Waals surface area contributed by atoms with Gasteiger partial charge in [0, 0.05) is 59.0 Å². The molecule has 0 spiro atoms. The smallest absolute Gasteiger partial charge is 0.338 e. The van der Waals surface area contributed by atoms with E-state index in [1.807, 2.05) is 5.38 Å². The number of aromatic nitrogens is 1. The highest BCUT2D eigenvalue weighted by atomic mass is 35.5. The van der Waals surface area contributed by atoms with Crippen molar-refractivity contribution in [2.75, 3.05) is 33.4 Å². The second kappa shape index (κ2) is 10.3. The molecule has 0 aliphatic carbocycles. The largest absolute Gasteiger partial charge is 0.466 e. The maximum absolute atomic E-state index is 13.8. The number of likely N-dealkylation sites (tertiary alicyclic amines) is 1. The number of aliphatic imine (C=N–C) groups is 1. The minimum absolute atomic E-state index is 0.112. The summed E-state index contributed by atoms with van der Waals surface area (Å²) in [7, 11) is 1.34. The second-order valence-electron chi connectivity index (χ2n) is 9.01. The Morgan fingerprint density at radius 1 is 1.43 bits per heavy atom. The first kappa shape index (κ1) is 24.3. The van der Waals surface area contributed by atoms with Gasteiger partial charge in [-0.1, -0.05) is 17.7 Å². The van der Waals surface area contributed by atoms with Crippen LogP contribution in [0.2, 0.25) is 5.02 Å². The molecule has 2 fully saturated rings. The Hall–Kier alpha value is -2.37. The molecule has 1 aromatic carbocycles. The van der Waals surface area contributed by atoms with Gasteiger partial charge in [0.15, 0.2) is 10.8 Å². The number of methoxy groups -OCH3 is 1. The molecule has 11 heteroatoms. The highest BCUT2D eigenvalue weighted by Gasteiger charge is 2.39. The van der Waals surface area contributed by atoms with Crippen molar-refractivity contribution in [3.63, 3.8) is 0 Å². The van der Waals surface area contributed by atoms with Crippen molar-refractivity contribution in [3.8, 4) is 0 Å². The fraction of sp³-hybridized carbons (Fsp3) is 0.458. The summed E-state index contributed by atoms with van der Waals surface area (Å²) in [6.07, 6.45) is 3.46. The molecule has 4 atom stereocenters. The lowest BCUT2D eigenvalue weighted by molar-refractivity contribution is -0.136. The van der Waals surface area contributed by atoms with Crippen LogP contribution in [0.5, 0.6) is 0 Å². The molecule has 8 nitrogen and oxygen atoms in total. The molecule has 3 aliphatic heterocycles. The second-order valence-corrected chi connectivity index (χ2v) is 10.3. The van der Waals surface area contributed by atoms with Gasteiger partial charge < -0.3 is 20.5 Å². The lowest BCUT2D eigenvalue weighted by atomic mass is 9.94. The number of carbonyl (C=O) groups excluding carboxylic acids is 1. The van der Waals surface area contributed by atoms with Gasteiger partial charge in [-0.2, -0.15) is 0 Å². The lowest BCUT2D eigenvalue weighted by Gasteiger charge is -2.33. The van der Waals surface area contributed by atoms with Crippen LogP contribution in [0.3, 0.4) is 0 Å². The van der Waals surface area contributed by atoms with Crippen LogP contribution in [-0.4, -0.2) is 67.2 Å². The van der Waals surface area contributed by atoms with Crippen LogP contribution in [-0.2, 0) is 14.3 Å². The van der Waals surface area contributed by atoms with E-state index in [-0.39, 0.29) is 17.1 Å². The zero-order chi connectivity index (χ0) is 24.5. The van der Waals surface area contributed by atoms with E-state index in [4.69, 9.17) is 31.8 Å². The van der Waals surface area contributed by atoms with Crippen molar-refractivity contribution in [1.82, 2.24) is 15.2 Å². The molecule has 5 rings (SSSR count). The first-order valence-electron chi connectivity index (χ1n) is 11.5. The molecule has 1 aromatic heterocycles. The summed E-state index contributed by atoms with van der Waals surface area (Å²) >= 11 is 7.87. The number of nitrogens with one attached hydrogen (secondary N) is 1. The molecule has 0 radical (unpaired) electrons. The number of hydrogen-bond donors (Lipinski definition) is 2. The molecule has 0 saturated carbocycles. The normalized spacial score (nSPS) is 27.1. The number of carbonyl (C=O) groups is 1. The van der Waals surface area contributed by atoms with Crippen LogP contribution < -0.4 is 11.1 Å². The number of rotatable bonds is 5. The number of amidine groups is 1. The minimum atomic E-state index is -0.782. The number of fused-ring (bicyclic) bond motifs is 1. The van der Waals surface area contributed by atoms with Crippen molar-refractivity contribution < 1.29 is 18.7 Å². The Bertz CT molecular complexity index is 1160. The summed E-state index contributed by atoms with van der Waals surface area (Å²) in [5, 5.41) is 6.07. The van der Waals surface area contributed by atoms with Crippen LogP contribution in [0.4, 0.5) is 4.39 Å². The molecule has 3 aliphatic rings. The van der Waals surface area contributed by atoms with Gasteiger partial charge in [0.25, 0.3) is 0 Å². The third-order valence-electron chi connectivity index (χ3n) is 6.81. The van der Waals surface area contributed by atoms with Gasteiger partial charge >= 0.3 is 5.97 Å². The summed E-state index contributed by atoms with van der Waals surface area (Å²) in [4.78, 5) is 24.7. The van der Waals surface area contributed by atoms with Crippen molar-refractivity contribution in [2.24, 2.45) is 16.6 Å². The summed E-state index contributed by atoms with van der Waals surface area (Å²) in [6, 6.07) is 3.63. The number of hydrogen-bond acceptors (Lipinski definition) is 9.